The number of carbonyl (C=O) groups is 3. The monoisotopic (exact) mass is 1330 g/mol. The first-order valence-corrected chi connectivity index (χ1v) is 31.2. The third-order valence-corrected chi connectivity index (χ3v) is 16.7. The van der Waals surface area contributed by atoms with Gasteiger partial charge in [-0.15, -0.1) is 0 Å². The smallest absolute Gasteiger partial charge is 0.312 e. The minimum Gasteiger partial charge on any atom is -0.384 e. The van der Waals surface area contributed by atoms with E-state index in [-0.39, 0.29) is 42.4 Å². The molecule has 9 heterocycles. The number of aromatic nitrogens is 9. The Labute approximate surface area is 562 Å². The molecule has 0 radical (unpaired) electrons. The highest BCUT2D eigenvalue weighted by molar-refractivity contribution is 6.31. The molecule has 12 rings (SSSR count). The molecule has 0 saturated carbocycles. The average Bonchev–Trinajstić information content (AvgIpc) is 1.18. The molecular formula is C72H68Cl3N15O5+2. The van der Waals surface area contributed by atoms with E-state index in [1.54, 1.807) is 93.5 Å². The molecule has 95 heavy (non-hydrogen) atoms. The fourth-order valence-corrected chi connectivity index (χ4v) is 11.5. The number of nitrogens with two attached hydrogens (primary N) is 3. The van der Waals surface area contributed by atoms with E-state index in [9.17, 15) is 24.8 Å². The molecule has 0 fully saturated rings. The van der Waals surface area contributed by atoms with Crippen LogP contribution in [0.1, 0.15) is 115 Å². The van der Waals surface area contributed by atoms with Gasteiger partial charge < -0.3 is 32.1 Å². The minimum absolute atomic E-state index is 0.159. The highest BCUT2D eigenvalue weighted by atomic mass is 35.5. The molecule has 3 amide bonds. The van der Waals surface area contributed by atoms with Crippen molar-refractivity contribution < 1.29 is 34.3 Å². The second-order valence-corrected chi connectivity index (χ2v) is 24.2. The summed E-state index contributed by atoms with van der Waals surface area (Å²) in [6.45, 7) is 12.1. The zero-order valence-corrected chi connectivity index (χ0v) is 55.1. The Kier molecular flexibility index (Phi) is 21.0. The minimum atomic E-state index is -0.219. The number of pyridine rings is 9. The Hall–Kier alpha value is -10.9. The molecule has 12 aromatic rings. The molecule has 9 aromatic heterocycles. The molecule has 20 nitrogen and oxygen atoms in total. The van der Waals surface area contributed by atoms with E-state index in [2.05, 4.69) is 50.8 Å². The van der Waals surface area contributed by atoms with E-state index < -0.39 is 0 Å². The van der Waals surface area contributed by atoms with Crippen LogP contribution in [0, 0.1) is 41.5 Å². The maximum absolute atomic E-state index is 12.8. The van der Waals surface area contributed by atoms with E-state index in [1.165, 1.54) is 0 Å². The molecule has 0 aliphatic heterocycles. The quantitative estimate of drug-likeness (QED) is 0.0349. The Bertz CT molecular complexity index is 4710. The van der Waals surface area contributed by atoms with Gasteiger partial charge in [0.2, 0.25) is 0 Å². The molecule has 0 atom stereocenters. The summed E-state index contributed by atoms with van der Waals surface area (Å²) in [5, 5.41) is 33.5. The van der Waals surface area contributed by atoms with Gasteiger partial charge in [-0.25, -0.2) is 4.98 Å². The molecule has 0 aliphatic carbocycles. The van der Waals surface area contributed by atoms with Crippen molar-refractivity contribution >= 4 is 103 Å². The summed E-state index contributed by atoms with van der Waals surface area (Å²) in [6, 6.07) is 39.2. The molecule has 0 saturated heterocycles. The topological polar surface area (TPSA) is 304 Å². The molecule has 11 N–H and O–H groups in total. The Morgan fingerprint density at radius 1 is 0.421 bits per heavy atom. The number of hydrogen-bond donors (Lipinski definition) is 8. The fourth-order valence-electron chi connectivity index (χ4n) is 11.0. The van der Waals surface area contributed by atoms with Crippen molar-refractivity contribution in [3.05, 3.63) is 281 Å². The number of nitrogens with zero attached hydrogens (tertiary/aromatic N) is 9. The molecule has 480 valence electrons. The van der Waals surface area contributed by atoms with Gasteiger partial charge in [-0.2, -0.15) is 0 Å². The van der Waals surface area contributed by atoms with Gasteiger partial charge >= 0.3 is 11.6 Å². The molecule has 0 bridgehead atoms. The third-order valence-electron chi connectivity index (χ3n) is 16.1. The highest BCUT2D eigenvalue weighted by Gasteiger charge is 2.20. The van der Waals surface area contributed by atoms with Gasteiger partial charge in [0.25, 0.3) is 17.7 Å². The van der Waals surface area contributed by atoms with Crippen molar-refractivity contribution in [3.8, 4) is 0 Å². The third kappa shape index (κ3) is 16.8. The Balaban J connectivity index is 0.000000155. The first-order chi connectivity index (χ1) is 45.5. The normalized spacial score (nSPS) is 11.0. The standard InChI is InChI=1S/2C24H22ClN5O2.C24H22ClN5O/c2*1-14-7-23(26)30(32)15(2)21(14)13-29-24(31)17-5-6-27-20(11-17)9-16-3-4-22-18(8-16)10-19(25)12-28-22;1-14-7-23(26)30-15(2)21(14)13-29-24(31)17-5-6-27-20(11-17)9-16-3-4-22-18(8-16)10-19(25)12-28-22/h2*3-8,10-12,26,32H,9,13H2,1-2H3,(H,29,31);3-8,10-12H,9,13H2,1-2H3,(H2,26,30)(H,29,31)/p+2. The van der Waals surface area contributed by atoms with Crippen molar-refractivity contribution in [2.75, 3.05) is 17.2 Å². The van der Waals surface area contributed by atoms with Crippen molar-refractivity contribution in [2.24, 2.45) is 0 Å². The van der Waals surface area contributed by atoms with E-state index in [0.717, 1.165) is 115 Å². The predicted molar refractivity (Wildman–Crippen MR) is 368 cm³/mol. The zero-order valence-electron chi connectivity index (χ0n) is 52.8. The number of fused-ring (bicyclic) bond motifs is 3. The van der Waals surface area contributed by atoms with Gasteiger partial charge in [0.15, 0.2) is 11.4 Å². The van der Waals surface area contributed by atoms with Crippen molar-refractivity contribution in [1.82, 2.24) is 50.8 Å². The van der Waals surface area contributed by atoms with Crippen LogP contribution in [-0.4, -0.2) is 63.0 Å². The Morgan fingerprint density at radius 3 is 1.08 bits per heavy atom. The lowest BCUT2D eigenvalue weighted by molar-refractivity contribution is -0.897. The van der Waals surface area contributed by atoms with Crippen LogP contribution in [-0.2, 0) is 38.9 Å². The second kappa shape index (κ2) is 29.8. The van der Waals surface area contributed by atoms with Crippen molar-refractivity contribution in [1.29, 1.82) is 0 Å². The number of halogens is 3. The van der Waals surface area contributed by atoms with Crippen LogP contribution >= 0.6 is 34.8 Å². The summed E-state index contributed by atoms with van der Waals surface area (Å²) < 4.78 is 1.84. The molecular weight excluding hydrogens is 1260 g/mol. The first kappa shape index (κ1) is 67.0. The summed E-state index contributed by atoms with van der Waals surface area (Å²) in [6.07, 6.45) is 11.6. The average molecular weight is 1330 g/mol. The number of rotatable bonds is 15. The maximum Gasteiger partial charge on any atom is 0.312 e. The number of amides is 3. The second-order valence-electron chi connectivity index (χ2n) is 22.9. The predicted octanol–water partition coefficient (Wildman–Crippen LogP) is 11.5. The van der Waals surface area contributed by atoms with E-state index in [4.69, 9.17) is 52.0 Å². The van der Waals surface area contributed by atoms with Crippen LogP contribution in [0.2, 0.25) is 15.1 Å². The molecule has 0 unspecified atom stereocenters. The molecule has 3 aromatic carbocycles. The summed E-state index contributed by atoms with van der Waals surface area (Å²) in [5.74, 6) is 0.386. The Morgan fingerprint density at radius 2 is 0.747 bits per heavy atom. The number of hydrogen-bond acceptors (Lipinski definition) is 15. The van der Waals surface area contributed by atoms with Gasteiger partial charge in [0, 0.05) is 169 Å². The summed E-state index contributed by atoms with van der Waals surface area (Å²) >= 11 is 18.2. The molecule has 23 heteroatoms. The van der Waals surface area contributed by atoms with Gasteiger partial charge in [-0.05, 0) is 173 Å². The van der Waals surface area contributed by atoms with Gasteiger partial charge in [0.1, 0.15) is 5.82 Å². The lowest BCUT2D eigenvalue weighted by Crippen LogP contribution is -2.39. The van der Waals surface area contributed by atoms with Crippen molar-refractivity contribution in [3.63, 3.8) is 0 Å². The van der Waals surface area contributed by atoms with Crippen molar-refractivity contribution in [2.45, 2.75) is 80.4 Å². The van der Waals surface area contributed by atoms with Crippen LogP contribution in [0.3, 0.4) is 0 Å². The van der Waals surface area contributed by atoms with Crippen LogP contribution in [0.4, 0.5) is 17.5 Å². The number of benzene rings is 3. The van der Waals surface area contributed by atoms with Crippen LogP contribution in [0.15, 0.2) is 165 Å². The SMILES string of the molecule is Cc1cc(N)[n+](O)c(C)c1CNC(=O)c1ccnc(Cc2ccc3ncc(Cl)cc3c2)c1.Cc1cc(N)[n+](O)c(C)c1CNC(=O)c1ccnc(Cc2ccc3ncc(Cl)cc3c2)c1.Cc1cc(N)nc(C)c1CNC(=O)c1ccnc(Cc2ccc3ncc(Cl)cc3c2)c1. The number of carbonyl (C=O) groups excluding carboxylic acids is 3. The van der Waals surface area contributed by atoms with Gasteiger partial charge in [-0.1, -0.05) is 53.0 Å². The summed E-state index contributed by atoms with van der Waals surface area (Å²) in [4.78, 5) is 68.7. The molecule has 0 spiro atoms. The number of anilines is 3. The van der Waals surface area contributed by atoms with Crippen LogP contribution < -0.4 is 42.6 Å². The molecule has 0 aliphatic rings. The number of aryl methyl sites for hydroxylation is 4. The number of nitrogen functional groups attached to an aromatic ring is 3. The fraction of sp³-hybridized carbons (Fsp3) is 0.167. The van der Waals surface area contributed by atoms with E-state index in [1.807, 2.05) is 113 Å². The van der Waals surface area contributed by atoms with Crippen LogP contribution in [0.5, 0.6) is 0 Å². The maximum atomic E-state index is 12.8. The summed E-state index contributed by atoms with van der Waals surface area (Å²) in [5.41, 5.74) is 34.5. The lowest BCUT2D eigenvalue weighted by Gasteiger charge is -2.12. The zero-order chi connectivity index (χ0) is 67.6. The first-order valence-electron chi connectivity index (χ1n) is 30.1. The van der Waals surface area contributed by atoms with E-state index in [0.29, 0.717) is 74.8 Å². The highest BCUT2D eigenvalue weighted by Crippen LogP contribution is 2.25. The van der Waals surface area contributed by atoms with E-state index >= 15 is 0 Å². The lowest BCUT2D eigenvalue weighted by atomic mass is 10.0. The van der Waals surface area contributed by atoms with Gasteiger partial charge in [0.05, 0.1) is 31.6 Å². The number of nitrogens with one attached hydrogen (secondary N) is 3. The van der Waals surface area contributed by atoms with Gasteiger partial charge in [-0.3, -0.25) is 55.8 Å². The summed E-state index contributed by atoms with van der Waals surface area (Å²) in [7, 11) is 0. The largest absolute Gasteiger partial charge is 0.384 e. The van der Waals surface area contributed by atoms with Crippen LogP contribution in [0.25, 0.3) is 32.7 Å².